The molecule has 0 amide bonds. The number of hydrogen-bond acceptors (Lipinski definition) is 2. The van der Waals surface area contributed by atoms with Gasteiger partial charge in [0, 0.05) is 11.1 Å². The Morgan fingerprint density at radius 3 is 2.60 bits per heavy atom. The van der Waals surface area contributed by atoms with Crippen LogP contribution in [0.4, 0.5) is 0 Å². The summed E-state index contributed by atoms with van der Waals surface area (Å²) in [5.41, 5.74) is 0. The molecule has 2 nitrogen and oxygen atoms in total. The molecule has 0 saturated carbocycles. The molecule has 0 aliphatic heterocycles. The highest BCUT2D eigenvalue weighted by atomic mass is 35.5. The maximum atomic E-state index is 5.91. The van der Waals surface area contributed by atoms with Crippen LogP contribution in [0.25, 0.3) is 0 Å². The summed E-state index contributed by atoms with van der Waals surface area (Å²) in [5, 5.41) is 1.17. The van der Waals surface area contributed by atoms with Crippen LogP contribution in [0.15, 0.2) is 18.2 Å². The second kappa shape index (κ2) is 6.21. The van der Waals surface area contributed by atoms with Crippen LogP contribution in [-0.2, 0) is 4.74 Å². The Labute approximate surface area is 100 Å². The minimum absolute atomic E-state index is 0.212. The number of benzene rings is 1. The maximum absolute atomic E-state index is 5.91. The predicted molar refractivity (Wildman–Crippen MR) is 63.0 cm³/mol. The number of hydrogen-bond donors (Lipinski definition) is 0. The van der Waals surface area contributed by atoms with Gasteiger partial charge in [0.25, 0.3) is 0 Å². The first kappa shape index (κ1) is 12.6. The van der Waals surface area contributed by atoms with Crippen molar-refractivity contribution in [3.8, 4) is 5.75 Å². The third-order valence-corrected chi connectivity index (χ3v) is 2.23. The highest BCUT2D eigenvalue weighted by Crippen LogP contribution is 2.27. The van der Waals surface area contributed by atoms with Gasteiger partial charge in [0.05, 0.1) is 17.7 Å². The molecule has 0 saturated heterocycles. The van der Waals surface area contributed by atoms with Crippen LogP contribution in [-0.4, -0.2) is 19.3 Å². The molecule has 0 aliphatic rings. The van der Waals surface area contributed by atoms with Gasteiger partial charge < -0.3 is 9.47 Å². The first-order valence-corrected chi connectivity index (χ1v) is 5.54. The lowest BCUT2D eigenvalue weighted by Gasteiger charge is -2.10. The minimum atomic E-state index is 0.212. The van der Waals surface area contributed by atoms with E-state index in [1.165, 1.54) is 0 Å². The van der Waals surface area contributed by atoms with E-state index < -0.39 is 0 Å². The largest absolute Gasteiger partial charge is 0.490 e. The van der Waals surface area contributed by atoms with Crippen molar-refractivity contribution in [2.45, 2.75) is 20.0 Å². The van der Waals surface area contributed by atoms with Crippen molar-refractivity contribution in [1.29, 1.82) is 0 Å². The van der Waals surface area contributed by atoms with Gasteiger partial charge in [-0.25, -0.2) is 0 Å². The van der Waals surface area contributed by atoms with E-state index in [9.17, 15) is 0 Å². The van der Waals surface area contributed by atoms with Crippen molar-refractivity contribution in [3.05, 3.63) is 28.2 Å². The average Bonchev–Trinajstić information content (AvgIpc) is 2.17. The van der Waals surface area contributed by atoms with E-state index in [2.05, 4.69) is 0 Å². The lowest BCUT2D eigenvalue weighted by molar-refractivity contribution is 0.0553. The van der Waals surface area contributed by atoms with Crippen molar-refractivity contribution >= 4 is 23.2 Å². The lowest BCUT2D eigenvalue weighted by Crippen LogP contribution is -2.11. The molecule has 4 heteroatoms. The SMILES string of the molecule is CC(C)OCCOc1cc(Cl)ccc1Cl. The van der Waals surface area contributed by atoms with Gasteiger partial charge in [0.1, 0.15) is 12.4 Å². The molecule has 0 unspecified atom stereocenters. The van der Waals surface area contributed by atoms with Crippen LogP contribution in [0, 0.1) is 0 Å². The van der Waals surface area contributed by atoms with Crippen LogP contribution in [0.2, 0.25) is 10.0 Å². The summed E-state index contributed by atoms with van der Waals surface area (Å²) in [6.45, 7) is 4.97. The molecule has 1 aromatic carbocycles. The molecular weight excluding hydrogens is 235 g/mol. The van der Waals surface area contributed by atoms with Crippen LogP contribution < -0.4 is 4.74 Å². The first-order chi connectivity index (χ1) is 7.09. The summed E-state index contributed by atoms with van der Waals surface area (Å²) in [7, 11) is 0. The topological polar surface area (TPSA) is 18.5 Å². The normalized spacial score (nSPS) is 10.7. The van der Waals surface area contributed by atoms with Crippen LogP contribution in [0.5, 0.6) is 5.75 Å². The standard InChI is InChI=1S/C11H14Cl2O2/c1-8(2)14-5-6-15-11-7-9(12)3-4-10(11)13/h3-4,7-8H,5-6H2,1-2H3. The van der Waals surface area contributed by atoms with Crippen molar-refractivity contribution in [2.75, 3.05) is 13.2 Å². The zero-order valence-electron chi connectivity index (χ0n) is 8.80. The Hall–Kier alpha value is -0.440. The van der Waals surface area contributed by atoms with Gasteiger partial charge in [-0.15, -0.1) is 0 Å². The molecule has 0 fully saturated rings. The van der Waals surface area contributed by atoms with E-state index in [4.69, 9.17) is 32.7 Å². The first-order valence-electron chi connectivity index (χ1n) is 4.79. The van der Waals surface area contributed by atoms with Gasteiger partial charge in [0.15, 0.2) is 0 Å². The maximum Gasteiger partial charge on any atom is 0.139 e. The zero-order chi connectivity index (χ0) is 11.3. The predicted octanol–water partition coefficient (Wildman–Crippen LogP) is 3.80. The molecule has 0 aromatic heterocycles. The fourth-order valence-electron chi connectivity index (χ4n) is 1.02. The van der Waals surface area contributed by atoms with E-state index in [1.54, 1.807) is 18.2 Å². The minimum Gasteiger partial charge on any atom is -0.490 e. The molecule has 84 valence electrons. The highest BCUT2D eigenvalue weighted by Gasteiger charge is 2.02. The van der Waals surface area contributed by atoms with Crippen LogP contribution in [0.3, 0.4) is 0 Å². The van der Waals surface area contributed by atoms with E-state index in [-0.39, 0.29) is 6.10 Å². The number of rotatable bonds is 5. The fraction of sp³-hybridized carbons (Fsp3) is 0.455. The molecule has 0 N–H and O–H groups in total. The zero-order valence-corrected chi connectivity index (χ0v) is 10.3. The third-order valence-electron chi connectivity index (χ3n) is 1.69. The summed E-state index contributed by atoms with van der Waals surface area (Å²) in [5.74, 6) is 0.594. The third kappa shape index (κ3) is 4.74. The van der Waals surface area contributed by atoms with Crippen molar-refractivity contribution < 1.29 is 9.47 Å². The van der Waals surface area contributed by atoms with Crippen molar-refractivity contribution in [3.63, 3.8) is 0 Å². The molecule has 0 heterocycles. The Kier molecular flexibility index (Phi) is 5.23. The molecule has 1 aromatic rings. The molecule has 0 radical (unpaired) electrons. The monoisotopic (exact) mass is 248 g/mol. The van der Waals surface area contributed by atoms with E-state index in [0.717, 1.165) is 0 Å². The second-order valence-corrected chi connectivity index (χ2v) is 4.19. The molecule has 0 atom stereocenters. The Morgan fingerprint density at radius 2 is 1.93 bits per heavy atom. The van der Waals surface area contributed by atoms with Gasteiger partial charge in [-0.2, -0.15) is 0 Å². The Bertz CT molecular complexity index is 313. The van der Waals surface area contributed by atoms with E-state index >= 15 is 0 Å². The molecule has 0 aliphatic carbocycles. The summed E-state index contributed by atoms with van der Waals surface area (Å²) >= 11 is 11.7. The molecule has 1 rings (SSSR count). The number of ether oxygens (including phenoxy) is 2. The quantitative estimate of drug-likeness (QED) is 0.739. The second-order valence-electron chi connectivity index (χ2n) is 3.34. The van der Waals surface area contributed by atoms with Gasteiger partial charge in [-0.3, -0.25) is 0 Å². The van der Waals surface area contributed by atoms with Gasteiger partial charge in [-0.1, -0.05) is 23.2 Å². The fourth-order valence-corrected chi connectivity index (χ4v) is 1.36. The molecular formula is C11H14Cl2O2. The van der Waals surface area contributed by atoms with Gasteiger partial charge in [-0.05, 0) is 26.0 Å². The summed E-state index contributed by atoms with van der Waals surface area (Å²) in [6.07, 6.45) is 0.212. The smallest absolute Gasteiger partial charge is 0.139 e. The molecule has 15 heavy (non-hydrogen) atoms. The summed E-state index contributed by atoms with van der Waals surface area (Å²) in [4.78, 5) is 0. The van der Waals surface area contributed by atoms with E-state index in [1.807, 2.05) is 13.8 Å². The van der Waals surface area contributed by atoms with Gasteiger partial charge in [0.2, 0.25) is 0 Å². The lowest BCUT2D eigenvalue weighted by atomic mass is 10.3. The summed E-state index contributed by atoms with van der Waals surface area (Å²) < 4.78 is 10.8. The van der Waals surface area contributed by atoms with E-state index in [0.29, 0.717) is 29.0 Å². The highest BCUT2D eigenvalue weighted by molar-refractivity contribution is 6.34. The summed E-state index contributed by atoms with van der Waals surface area (Å²) in [6, 6.07) is 5.13. The van der Waals surface area contributed by atoms with Crippen molar-refractivity contribution in [2.24, 2.45) is 0 Å². The van der Waals surface area contributed by atoms with Crippen LogP contribution in [0.1, 0.15) is 13.8 Å². The Morgan fingerprint density at radius 1 is 1.20 bits per heavy atom. The Balaban J connectivity index is 2.40. The number of halogens is 2. The van der Waals surface area contributed by atoms with Crippen molar-refractivity contribution in [1.82, 2.24) is 0 Å². The van der Waals surface area contributed by atoms with Gasteiger partial charge >= 0.3 is 0 Å². The molecule has 0 spiro atoms. The molecule has 0 bridgehead atoms. The average molecular weight is 249 g/mol. The van der Waals surface area contributed by atoms with Crippen LogP contribution >= 0.6 is 23.2 Å².